The summed E-state index contributed by atoms with van der Waals surface area (Å²) in [6.45, 7) is 2.17. The van der Waals surface area contributed by atoms with E-state index in [2.05, 4.69) is 15.6 Å². The normalized spacial score (nSPS) is 12.2. The molecule has 0 unspecified atom stereocenters. The molecule has 0 atom stereocenters. The SMILES string of the molecule is CCS(=O)(=O)CCNC(=NC)NCc1ccccc1F. The van der Waals surface area contributed by atoms with Crippen molar-refractivity contribution in [2.24, 2.45) is 4.99 Å². The fraction of sp³-hybridized carbons (Fsp3) is 0.462. The monoisotopic (exact) mass is 301 g/mol. The van der Waals surface area contributed by atoms with Crippen molar-refractivity contribution in [1.82, 2.24) is 10.6 Å². The zero-order valence-electron chi connectivity index (χ0n) is 11.7. The second kappa shape index (κ2) is 7.84. The number of hydrogen-bond acceptors (Lipinski definition) is 3. The standard InChI is InChI=1S/C13H20FN3O2S/c1-3-20(18,19)9-8-16-13(15-2)17-10-11-6-4-5-7-12(11)14/h4-7H,3,8-10H2,1-2H3,(H2,15,16,17). The molecule has 0 amide bonds. The molecule has 7 heteroatoms. The van der Waals surface area contributed by atoms with Crippen LogP contribution in [0.4, 0.5) is 4.39 Å². The predicted octanol–water partition coefficient (Wildman–Crippen LogP) is 0.925. The van der Waals surface area contributed by atoms with E-state index in [9.17, 15) is 12.8 Å². The summed E-state index contributed by atoms with van der Waals surface area (Å²) in [5.74, 6) is 0.323. The average Bonchev–Trinajstić information content (AvgIpc) is 2.44. The number of sulfone groups is 1. The molecule has 0 fully saturated rings. The van der Waals surface area contributed by atoms with Crippen LogP contribution >= 0.6 is 0 Å². The van der Waals surface area contributed by atoms with Gasteiger partial charge in [0, 0.05) is 31.5 Å². The lowest BCUT2D eigenvalue weighted by Crippen LogP contribution is -2.39. The summed E-state index contributed by atoms with van der Waals surface area (Å²) in [5, 5.41) is 5.82. The Kier molecular flexibility index (Phi) is 6.44. The molecular formula is C13H20FN3O2S. The van der Waals surface area contributed by atoms with E-state index in [-0.39, 0.29) is 30.4 Å². The van der Waals surface area contributed by atoms with Crippen molar-refractivity contribution in [2.45, 2.75) is 13.5 Å². The van der Waals surface area contributed by atoms with E-state index in [0.717, 1.165) is 0 Å². The van der Waals surface area contributed by atoms with Crippen LogP contribution in [0, 0.1) is 5.82 Å². The molecule has 0 aliphatic carbocycles. The summed E-state index contributed by atoms with van der Waals surface area (Å²) >= 11 is 0. The molecule has 0 saturated carbocycles. The molecule has 2 N–H and O–H groups in total. The lowest BCUT2D eigenvalue weighted by Gasteiger charge is -2.12. The number of nitrogens with zero attached hydrogens (tertiary/aromatic N) is 1. The fourth-order valence-electron chi connectivity index (χ4n) is 1.51. The van der Waals surface area contributed by atoms with Gasteiger partial charge in [-0.25, -0.2) is 12.8 Å². The van der Waals surface area contributed by atoms with Crippen LogP contribution < -0.4 is 10.6 Å². The lowest BCUT2D eigenvalue weighted by molar-refractivity contribution is 0.595. The number of nitrogens with one attached hydrogen (secondary N) is 2. The Hall–Kier alpha value is -1.63. The van der Waals surface area contributed by atoms with Gasteiger partial charge in [-0.2, -0.15) is 0 Å². The Labute approximate surface area is 119 Å². The smallest absolute Gasteiger partial charge is 0.191 e. The maximum absolute atomic E-state index is 13.4. The Bertz CT molecular complexity index is 558. The molecule has 0 aliphatic heterocycles. The quantitative estimate of drug-likeness (QED) is 0.606. The first-order valence-corrected chi connectivity index (χ1v) is 8.19. The van der Waals surface area contributed by atoms with Crippen molar-refractivity contribution in [3.63, 3.8) is 0 Å². The van der Waals surface area contributed by atoms with Gasteiger partial charge in [0.15, 0.2) is 15.8 Å². The van der Waals surface area contributed by atoms with E-state index in [4.69, 9.17) is 0 Å². The van der Waals surface area contributed by atoms with Gasteiger partial charge >= 0.3 is 0 Å². The summed E-state index contributed by atoms with van der Waals surface area (Å²) in [5.41, 5.74) is 0.525. The molecule has 20 heavy (non-hydrogen) atoms. The van der Waals surface area contributed by atoms with Crippen molar-refractivity contribution in [2.75, 3.05) is 25.1 Å². The van der Waals surface area contributed by atoms with E-state index < -0.39 is 9.84 Å². The van der Waals surface area contributed by atoms with E-state index in [1.807, 2.05) is 0 Å². The van der Waals surface area contributed by atoms with Crippen LogP contribution in [0.2, 0.25) is 0 Å². The number of guanidine groups is 1. The van der Waals surface area contributed by atoms with E-state index in [0.29, 0.717) is 11.5 Å². The number of rotatable bonds is 6. The van der Waals surface area contributed by atoms with E-state index >= 15 is 0 Å². The first-order valence-electron chi connectivity index (χ1n) is 6.37. The number of benzene rings is 1. The molecule has 0 radical (unpaired) electrons. The van der Waals surface area contributed by atoms with Crippen LogP contribution in [-0.4, -0.2) is 39.5 Å². The third-order valence-electron chi connectivity index (χ3n) is 2.77. The van der Waals surface area contributed by atoms with Gasteiger partial charge in [-0.05, 0) is 6.07 Å². The minimum atomic E-state index is -3.00. The highest BCUT2D eigenvalue weighted by molar-refractivity contribution is 7.91. The van der Waals surface area contributed by atoms with Gasteiger partial charge in [0.2, 0.25) is 0 Å². The molecule has 0 bridgehead atoms. The van der Waals surface area contributed by atoms with Crippen molar-refractivity contribution < 1.29 is 12.8 Å². The molecule has 1 aromatic carbocycles. The van der Waals surface area contributed by atoms with Crippen LogP contribution in [-0.2, 0) is 16.4 Å². The highest BCUT2D eigenvalue weighted by Crippen LogP contribution is 2.05. The minimum absolute atomic E-state index is 0.0455. The van der Waals surface area contributed by atoms with Crippen LogP contribution in [0.5, 0.6) is 0 Å². The summed E-state index contributed by atoms with van der Waals surface area (Å²) in [4.78, 5) is 3.96. The minimum Gasteiger partial charge on any atom is -0.355 e. The van der Waals surface area contributed by atoms with Gasteiger partial charge in [0.1, 0.15) is 5.82 Å². The molecule has 0 saturated heterocycles. The number of aliphatic imine (C=N–C) groups is 1. The summed E-state index contributed by atoms with van der Waals surface area (Å²) in [7, 11) is -1.43. The van der Waals surface area contributed by atoms with Crippen LogP contribution in [0.3, 0.4) is 0 Å². The van der Waals surface area contributed by atoms with Gasteiger partial charge in [-0.3, -0.25) is 4.99 Å². The zero-order chi connectivity index (χ0) is 15.0. The molecule has 1 rings (SSSR count). The number of hydrogen-bond donors (Lipinski definition) is 2. The van der Waals surface area contributed by atoms with Crippen LogP contribution in [0.15, 0.2) is 29.3 Å². The summed E-state index contributed by atoms with van der Waals surface area (Å²) in [6.07, 6.45) is 0. The molecule has 0 heterocycles. The fourth-order valence-corrected chi connectivity index (χ4v) is 2.21. The Morgan fingerprint density at radius 1 is 1.30 bits per heavy atom. The maximum Gasteiger partial charge on any atom is 0.191 e. The maximum atomic E-state index is 13.4. The Morgan fingerprint density at radius 2 is 2.00 bits per heavy atom. The molecule has 0 aromatic heterocycles. The first-order chi connectivity index (χ1) is 9.48. The van der Waals surface area contributed by atoms with Crippen molar-refractivity contribution in [1.29, 1.82) is 0 Å². The van der Waals surface area contributed by atoms with Crippen molar-refractivity contribution >= 4 is 15.8 Å². The highest BCUT2D eigenvalue weighted by Gasteiger charge is 2.07. The second-order valence-electron chi connectivity index (χ2n) is 4.18. The highest BCUT2D eigenvalue weighted by atomic mass is 32.2. The molecule has 112 valence electrons. The zero-order valence-corrected chi connectivity index (χ0v) is 12.5. The summed E-state index contributed by atoms with van der Waals surface area (Å²) in [6, 6.07) is 6.45. The Balaban J connectivity index is 2.43. The average molecular weight is 301 g/mol. The number of halogens is 1. The molecular weight excluding hydrogens is 281 g/mol. The largest absolute Gasteiger partial charge is 0.355 e. The van der Waals surface area contributed by atoms with Crippen molar-refractivity contribution in [3.05, 3.63) is 35.6 Å². The van der Waals surface area contributed by atoms with Crippen molar-refractivity contribution in [3.8, 4) is 0 Å². The van der Waals surface area contributed by atoms with E-state index in [1.165, 1.54) is 6.07 Å². The van der Waals surface area contributed by atoms with Gasteiger partial charge in [0.05, 0.1) is 5.75 Å². The third-order valence-corrected chi connectivity index (χ3v) is 4.48. The predicted molar refractivity (Wildman–Crippen MR) is 78.9 cm³/mol. The lowest BCUT2D eigenvalue weighted by atomic mass is 10.2. The van der Waals surface area contributed by atoms with Crippen LogP contribution in [0.1, 0.15) is 12.5 Å². The molecule has 1 aromatic rings. The molecule has 0 spiro atoms. The van der Waals surface area contributed by atoms with Gasteiger partial charge in [0.25, 0.3) is 0 Å². The second-order valence-corrected chi connectivity index (χ2v) is 6.65. The van der Waals surface area contributed by atoms with Gasteiger partial charge in [-0.15, -0.1) is 0 Å². The summed E-state index contributed by atoms with van der Waals surface area (Å²) < 4.78 is 36.1. The third kappa shape index (κ3) is 5.56. The van der Waals surface area contributed by atoms with Crippen LogP contribution in [0.25, 0.3) is 0 Å². The first kappa shape index (κ1) is 16.4. The van der Waals surface area contributed by atoms with E-state index in [1.54, 1.807) is 32.2 Å². The molecule has 5 nitrogen and oxygen atoms in total. The molecule has 0 aliphatic rings. The topological polar surface area (TPSA) is 70.6 Å². The van der Waals surface area contributed by atoms with Gasteiger partial charge < -0.3 is 10.6 Å². The Morgan fingerprint density at radius 3 is 2.60 bits per heavy atom. The van der Waals surface area contributed by atoms with Gasteiger partial charge in [-0.1, -0.05) is 25.1 Å².